The van der Waals surface area contributed by atoms with Crippen molar-refractivity contribution in [3.05, 3.63) is 65.1 Å². The van der Waals surface area contributed by atoms with Crippen LogP contribution in [0, 0.1) is 0 Å². The van der Waals surface area contributed by atoms with Crippen LogP contribution in [0.1, 0.15) is 18.5 Å². The normalized spacial score (nSPS) is 13.0. The summed E-state index contributed by atoms with van der Waals surface area (Å²) in [4.78, 5) is 25.6. The molecule has 0 saturated heterocycles. The van der Waals surface area contributed by atoms with Crippen LogP contribution in [0.3, 0.4) is 0 Å². The van der Waals surface area contributed by atoms with E-state index in [9.17, 15) is 23.1 Å². The smallest absolute Gasteiger partial charge is 0.394 e. The average molecular weight is 416 g/mol. The maximum Gasteiger partial charge on any atom is 0.417 e. The molecule has 0 aromatic carbocycles. The Balaban J connectivity index is 1.96. The molecule has 0 bridgehead atoms. The molecule has 1 unspecified atom stereocenters. The first-order valence-electron chi connectivity index (χ1n) is 8.86. The third-order valence-electron chi connectivity index (χ3n) is 4.56. The summed E-state index contributed by atoms with van der Waals surface area (Å²) in [5.41, 5.74) is -0.704. The van der Waals surface area contributed by atoms with Crippen molar-refractivity contribution in [2.24, 2.45) is 0 Å². The molecular weight excluding hydrogens is 401 g/mol. The standard InChI is InChI=1S/C19H15F3N6O2/c1-11(9-29)27-10-24-16-13(18(27)30)7-15(26-17(16)28-6-2-5-25-28)14-4-3-12(8-23-14)19(20,21)22/h2-8,10-11,29H,9H2,1H3. The van der Waals surface area contributed by atoms with E-state index in [0.717, 1.165) is 6.07 Å². The Morgan fingerprint density at radius 1 is 1.20 bits per heavy atom. The molecule has 4 aromatic heterocycles. The van der Waals surface area contributed by atoms with E-state index >= 15 is 0 Å². The molecular formula is C19H15F3N6O2. The highest BCUT2D eigenvalue weighted by atomic mass is 19.4. The summed E-state index contributed by atoms with van der Waals surface area (Å²) in [6.45, 7) is 1.39. The van der Waals surface area contributed by atoms with E-state index in [2.05, 4.69) is 20.1 Å². The summed E-state index contributed by atoms with van der Waals surface area (Å²) >= 11 is 0. The van der Waals surface area contributed by atoms with E-state index < -0.39 is 23.3 Å². The fourth-order valence-electron chi connectivity index (χ4n) is 2.93. The summed E-state index contributed by atoms with van der Waals surface area (Å²) in [7, 11) is 0. The minimum atomic E-state index is -4.51. The third kappa shape index (κ3) is 3.43. The van der Waals surface area contributed by atoms with Gasteiger partial charge < -0.3 is 5.11 Å². The van der Waals surface area contributed by atoms with Crippen LogP contribution in [0.25, 0.3) is 28.1 Å². The molecule has 4 rings (SSSR count). The average Bonchev–Trinajstić information content (AvgIpc) is 3.27. The van der Waals surface area contributed by atoms with Gasteiger partial charge in [-0.2, -0.15) is 18.3 Å². The molecule has 0 amide bonds. The quantitative estimate of drug-likeness (QED) is 0.549. The third-order valence-corrected chi connectivity index (χ3v) is 4.56. The number of hydrogen-bond acceptors (Lipinski definition) is 6. The van der Waals surface area contributed by atoms with Crippen LogP contribution in [-0.4, -0.2) is 41.0 Å². The van der Waals surface area contributed by atoms with Gasteiger partial charge in [0.2, 0.25) is 0 Å². The number of hydrogen-bond donors (Lipinski definition) is 1. The number of aromatic nitrogens is 6. The number of nitrogens with zero attached hydrogens (tertiary/aromatic N) is 6. The highest BCUT2D eigenvalue weighted by molar-refractivity contribution is 5.87. The zero-order chi connectivity index (χ0) is 21.5. The highest BCUT2D eigenvalue weighted by Gasteiger charge is 2.30. The van der Waals surface area contributed by atoms with Crippen LogP contribution in [0.5, 0.6) is 0 Å². The fourth-order valence-corrected chi connectivity index (χ4v) is 2.93. The molecule has 0 radical (unpaired) electrons. The lowest BCUT2D eigenvalue weighted by atomic mass is 10.1. The Hall–Kier alpha value is -3.60. The van der Waals surface area contributed by atoms with Crippen molar-refractivity contribution in [3.63, 3.8) is 0 Å². The summed E-state index contributed by atoms with van der Waals surface area (Å²) in [6, 6.07) is 4.66. The second-order valence-corrected chi connectivity index (χ2v) is 6.60. The first kappa shape index (κ1) is 19.7. The molecule has 4 aromatic rings. The maximum absolute atomic E-state index is 13.0. The van der Waals surface area contributed by atoms with Gasteiger partial charge in [0.1, 0.15) is 5.52 Å². The molecule has 30 heavy (non-hydrogen) atoms. The van der Waals surface area contributed by atoms with Gasteiger partial charge >= 0.3 is 6.18 Å². The number of halogens is 3. The summed E-state index contributed by atoms with van der Waals surface area (Å²) in [5, 5.41) is 13.7. The van der Waals surface area contributed by atoms with Crippen LogP contribution in [0.15, 0.2) is 54.0 Å². The van der Waals surface area contributed by atoms with Crippen molar-refractivity contribution >= 4 is 10.9 Å². The van der Waals surface area contributed by atoms with Crippen LogP contribution in [0.4, 0.5) is 13.2 Å². The number of aliphatic hydroxyl groups is 1. The van der Waals surface area contributed by atoms with Gasteiger partial charge in [0.15, 0.2) is 5.82 Å². The second kappa shape index (κ2) is 7.34. The van der Waals surface area contributed by atoms with Gasteiger partial charge in [-0.3, -0.25) is 14.3 Å². The SMILES string of the molecule is CC(CO)n1cnc2c(-n3cccn3)nc(-c3ccc(C(F)(F)F)cn3)cc2c1=O. The van der Waals surface area contributed by atoms with Gasteiger partial charge in [-0.15, -0.1) is 0 Å². The molecule has 154 valence electrons. The summed E-state index contributed by atoms with van der Waals surface area (Å²) < 4.78 is 41.2. The molecule has 0 aliphatic rings. The first-order valence-corrected chi connectivity index (χ1v) is 8.86. The minimum absolute atomic E-state index is 0.156. The molecule has 11 heteroatoms. The van der Waals surface area contributed by atoms with Gasteiger partial charge in [0.25, 0.3) is 5.56 Å². The van der Waals surface area contributed by atoms with E-state index in [4.69, 9.17) is 0 Å². The van der Waals surface area contributed by atoms with Crippen molar-refractivity contribution in [1.82, 2.24) is 29.3 Å². The Labute approximate surface area is 167 Å². The molecule has 0 fully saturated rings. The van der Waals surface area contributed by atoms with E-state index in [1.165, 1.54) is 33.9 Å². The first-order chi connectivity index (χ1) is 14.3. The predicted octanol–water partition coefficient (Wildman–Crippen LogP) is 2.61. The number of aliphatic hydroxyl groups excluding tert-OH is 1. The molecule has 0 spiro atoms. The van der Waals surface area contributed by atoms with Crippen molar-refractivity contribution in [3.8, 4) is 17.2 Å². The van der Waals surface area contributed by atoms with Gasteiger partial charge in [0, 0.05) is 18.6 Å². The summed E-state index contributed by atoms with van der Waals surface area (Å²) in [6.07, 6.45) is 0.641. The Kier molecular flexibility index (Phi) is 4.82. The molecule has 0 aliphatic heterocycles. The van der Waals surface area contributed by atoms with Crippen LogP contribution < -0.4 is 5.56 Å². The lowest BCUT2D eigenvalue weighted by Crippen LogP contribution is -2.26. The zero-order valence-corrected chi connectivity index (χ0v) is 15.6. The number of alkyl halides is 3. The lowest BCUT2D eigenvalue weighted by Gasteiger charge is -2.14. The van der Waals surface area contributed by atoms with Crippen LogP contribution in [-0.2, 0) is 6.18 Å². The van der Waals surface area contributed by atoms with Crippen LogP contribution in [0.2, 0.25) is 0 Å². The molecule has 4 heterocycles. The van der Waals surface area contributed by atoms with E-state index in [1.54, 1.807) is 19.2 Å². The molecule has 0 aliphatic carbocycles. The number of rotatable bonds is 4. The minimum Gasteiger partial charge on any atom is -0.394 e. The monoisotopic (exact) mass is 416 g/mol. The second-order valence-electron chi connectivity index (χ2n) is 6.60. The predicted molar refractivity (Wildman–Crippen MR) is 101 cm³/mol. The largest absolute Gasteiger partial charge is 0.417 e. The van der Waals surface area contributed by atoms with Gasteiger partial charge in [-0.25, -0.2) is 14.6 Å². The van der Waals surface area contributed by atoms with Gasteiger partial charge in [-0.1, -0.05) is 0 Å². The van der Waals surface area contributed by atoms with Crippen LogP contribution >= 0.6 is 0 Å². The Bertz CT molecular complexity index is 1250. The summed E-state index contributed by atoms with van der Waals surface area (Å²) in [5.74, 6) is 0.232. The van der Waals surface area contributed by atoms with Gasteiger partial charge in [0.05, 0.1) is 41.3 Å². The fraction of sp³-hybridized carbons (Fsp3) is 0.211. The van der Waals surface area contributed by atoms with Crippen molar-refractivity contribution in [1.29, 1.82) is 0 Å². The molecule has 1 N–H and O–H groups in total. The van der Waals surface area contributed by atoms with Gasteiger partial charge in [-0.05, 0) is 31.2 Å². The number of fused-ring (bicyclic) bond motifs is 1. The topological polar surface area (TPSA) is 98.7 Å². The van der Waals surface area contributed by atoms with Crippen molar-refractivity contribution in [2.75, 3.05) is 6.61 Å². The zero-order valence-electron chi connectivity index (χ0n) is 15.6. The Morgan fingerprint density at radius 2 is 2.00 bits per heavy atom. The lowest BCUT2D eigenvalue weighted by molar-refractivity contribution is -0.137. The highest BCUT2D eigenvalue weighted by Crippen LogP contribution is 2.30. The maximum atomic E-state index is 13.0. The van der Waals surface area contributed by atoms with Crippen molar-refractivity contribution < 1.29 is 18.3 Å². The van der Waals surface area contributed by atoms with E-state index in [1.807, 2.05) is 0 Å². The number of pyridine rings is 2. The molecule has 0 saturated carbocycles. The van der Waals surface area contributed by atoms with E-state index in [-0.39, 0.29) is 34.7 Å². The molecule has 8 nitrogen and oxygen atoms in total. The Morgan fingerprint density at radius 3 is 2.60 bits per heavy atom. The molecule has 1 atom stereocenters. The van der Waals surface area contributed by atoms with Crippen molar-refractivity contribution in [2.45, 2.75) is 19.1 Å². The van der Waals surface area contributed by atoms with E-state index in [0.29, 0.717) is 6.20 Å².